The Morgan fingerprint density at radius 3 is 2.50 bits per heavy atom. The standard InChI is InChI=1S/C11H23N3O2/c1-4-5-10(11(15)13-12)14-6-8(2)16-9(3)7-14/h8-10H,4-7,12H2,1-3H3,(H,13,15)/t8-,9+,10-/m1/s1. The molecule has 16 heavy (non-hydrogen) atoms. The molecule has 5 heteroatoms. The zero-order valence-corrected chi connectivity index (χ0v) is 10.4. The molecule has 0 bridgehead atoms. The molecule has 1 heterocycles. The van der Waals surface area contributed by atoms with Crippen LogP contribution < -0.4 is 11.3 Å². The molecule has 0 aromatic rings. The van der Waals surface area contributed by atoms with Crippen LogP contribution in [0.5, 0.6) is 0 Å². The highest BCUT2D eigenvalue weighted by Gasteiger charge is 2.31. The summed E-state index contributed by atoms with van der Waals surface area (Å²) in [5.41, 5.74) is 2.26. The Labute approximate surface area is 97.3 Å². The topological polar surface area (TPSA) is 67.6 Å². The van der Waals surface area contributed by atoms with Crippen molar-refractivity contribution in [3.63, 3.8) is 0 Å². The van der Waals surface area contributed by atoms with Gasteiger partial charge in [0, 0.05) is 13.1 Å². The summed E-state index contributed by atoms with van der Waals surface area (Å²) in [5.74, 6) is 5.13. The fraction of sp³-hybridized carbons (Fsp3) is 0.909. The van der Waals surface area contributed by atoms with E-state index in [1.54, 1.807) is 0 Å². The van der Waals surface area contributed by atoms with Crippen LogP contribution in [0.1, 0.15) is 33.6 Å². The Bertz CT molecular complexity index is 225. The molecule has 0 spiro atoms. The molecule has 0 radical (unpaired) electrons. The number of morpholine rings is 1. The van der Waals surface area contributed by atoms with Crippen molar-refractivity contribution in [2.75, 3.05) is 13.1 Å². The van der Waals surface area contributed by atoms with Crippen LogP contribution in [0, 0.1) is 0 Å². The first-order valence-corrected chi connectivity index (χ1v) is 5.98. The van der Waals surface area contributed by atoms with Crippen LogP contribution in [0.2, 0.25) is 0 Å². The van der Waals surface area contributed by atoms with Gasteiger partial charge in [0.25, 0.3) is 5.91 Å². The third-order valence-corrected chi connectivity index (χ3v) is 2.90. The smallest absolute Gasteiger partial charge is 0.251 e. The second kappa shape index (κ2) is 6.18. The van der Waals surface area contributed by atoms with Crippen LogP contribution in [0.4, 0.5) is 0 Å². The van der Waals surface area contributed by atoms with E-state index >= 15 is 0 Å². The lowest BCUT2D eigenvalue weighted by atomic mass is 10.1. The first-order chi connectivity index (χ1) is 7.58. The van der Waals surface area contributed by atoms with Gasteiger partial charge in [-0.1, -0.05) is 13.3 Å². The van der Waals surface area contributed by atoms with Gasteiger partial charge in [-0.15, -0.1) is 0 Å². The van der Waals surface area contributed by atoms with Crippen LogP contribution in [0.15, 0.2) is 0 Å². The molecule has 3 atom stereocenters. The summed E-state index contributed by atoms with van der Waals surface area (Å²) in [4.78, 5) is 13.9. The number of amides is 1. The van der Waals surface area contributed by atoms with E-state index in [0.717, 1.165) is 25.9 Å². The first-order valence-electron chi connectivity index (χ1n) is 5.98. The number of nitrogens with one attached hydrogen (secondary N) is 1. The number of hydrogen-bond acceptors (Lipinski definition) is 4. The maximum atomic E-state index is 11.7. The number of carbonyl (C=O) groups excluding carboxylic acids is 1. The molecule has 1 rings (SSSR count). The maximum Gasteiger partial charge on any atom is 0.251 e. The molecule has 1 amide bonds. The molecule has 1 aliphatic rings. The van der Waals surface area contributed by atoms with Crippen molar-refractivity contribution in [3.8, 4) is 0 Å². The van der Waals surface area contributed by atoms with E-state index in [9.17, 15) is 4.79 Å². The number of ether oxygens (including phenoxy) is 1. The van der Waals surface area contributed by atoms with Gasteiger partial charge in [-0.2, -0.15) is 0 Å². The second-order valence-electron chi connectivity index (χ2n) is 4.52. The normalized spacial score (nSPS) is 28.8. The summed E-state index contributed by atoms with van der Waals surface area (Å²) in [5, 5.41) is 0. The average molecular weight is 229 g/mol. The molecule has 0 aromatic carbocycles. The van der Waals surface area contributed by atoms with Crippen molar-refractivity contribution in [2.24, 2.45) is 5.84 Å². The summed E-state index contributed by atoms with van der Waals surface area (Å²) in [6, 6.07) is -0.121. The fourth-order valence-electron chi connectivity index (χ4n) is 2.32. The van der Waals surface area contributed by atoms with Crippen molar-refractivity contribution >= 4 is 5.91 Å². The first kappa shape index (κ1) is 13.4. The third kappa shape index (κ3) is 3.43. The molecule has 0 saturated carbocycles. The highest BCUT2D eigenvalue weighted by Crippen LogP contribution is 2.16. The maximum absolute atomic E-state index is 11.7. The van der Waals surface area contributed by atoms with Gasteiger partial charge >= 0.3 is 0 Å². The van der Waals surface area contributed by atoms with Gasteiger partial charge in [0.05, 0.1) is 18.2 Å². The van der Waals surface area contributed by atoms with Crippen molar-refractivity contribution in [2.45, 2.75) is 51.9 Å². The number of hydrogen-bond donors (Lipinski definition) is 2. The minimum absolute atomic E-state index is 0.0943. The summed E-state index contributed by atoms with van der Waals surface area (Å²) >= 11 is 0. The van der Waals surface area contributed by atoms with Crippen LogP contribution >= 0.6 is 0 Å². The third-order valence-electron chi connectivity index (χ3n) is 2.90. The van der Waals surface area contributed by atoms with Crippen molar-refractivity contribution in [3.05, 3.63) is 0 Å². The Hall–Kier alpha value is -0.650. The van der Waals surface area contributed by atoms with E-state index < -0.39 is 0 Å². The quantitative estimate of drug-likeness (QED) is 0.412. The Morgan fingerprint density at radius 1 is 1.50 bits per heavy atom. The lowest BCUT2D eigenvalue weighted by molar-refractivity contribution is -0.133. The van der Waals surface area contributed by atoms with E-state index in [2.05, 4.69) is 17.2 Å². The van der Waals surface area contributed by atoms with Gasteiger partial charge in [0.15, 0.2) is 0 Å². The molecule has 0 aromatic heterocycles. The van der Waals surface area contributed by atoms with E-state index in [1.165, 1.54) is 0 Å². The van der Waals surface area contributed by atoms with Gasteiger partial charge in [-0.25, -0.2) is 5.84 Å². The zero-order chi connectivity index (χ0) is 12.1. The van der Waals surface area contributed by atoms with Gasteiger partial charge < -0.3 is 4.74 Å². The number of hydrazine groups is 1. The molecule has 5 nitrogen and oxygen atoms in total. The monoisotopic (exact) mass is 229 g/mol. The molecule has 3 N–H and O–H groups in total. The van der Waals surface area contributed by atoms with E-state index in [0.29, 0.717) is 0 Å². The highest BCUT2D eigenvalue weighted by atomic mass is 16.5. The molecular formula is C11H23N3O2. The Kier molecular flexibility index (Phi) is 5.18. The van der Waals surface area contributed by atoms with Gasteiger partial charge in [0.1, 0.15) is 0 Å². The molecular weight excluding hydrogens is 206 g/mol. The van der Waals surface area contributed by atoms with Gasteiger partial charge in [-0.05, 0) is 20.3 Å². The molecule has 1 saturated heterocycles. The minimum Gasteiger partial charge on any atom is -0.373 e. The largest absolute Gasteiger partial charge is 0.373 e. The summed E-state index contributed by atoms with van der Waals surface area (Å²) < 4.78 is 5.65. The SMILES string of the molecule is CCC[C@H](C(=O)NN)N1C[C@@H](C)O[C@@H](C)C1. The lowest BCUT2D eigenvalue weighted by Crippen LogP contribution is -2.56. The van der Waals surface area contributed by atoms with Gasteiger partial charge in [0.2, 0.25) is 0 Å². The Morgan fingerprint density at radius 2 is 2.06 bits per heavy atom. The molecule has 94 valence electrons. The van der Waals surface area contributed by atoms with E-state index in [1.807, 2.05) is 13.8 Å². The zero-order valence-electron chi connectivity index (χ0n) is 10.4. The second-order valence-corrected chi connectivity index (χ2v) is 4.52. The number of carbonyl (C=O) groups is 1. The van der Waals surface area contributed by atoms with Crippen molar-refractivity contribution < 1.29 is 9.53 Å². The fourth-order valence-corrected chi connectivity index (χ4v) is 2.32. The van der Waals surface area contributed by atoms with Crippen LogP contribution in [0.3, 0.4) is 0 Å². The van der Waals surface area contributed by atoms with E-state index in [-0.39, 0.29) is 24.2 Å². The molecule has 1 aliphatic heterocycles. The van der Waals surface area contributed by atoms with Crippen molar-refractivity contribution in [1.82, 2.24) is 10.3 Å². The summed E-state index contributed by atoms with van der Waals surface area (Å²) in [6.45, 7) is 7.73. The molecule has 0 aliphatic carbocycles. The lowest BCUT2D eigenvalue weighted by Gasteiger charge is -2.39. The van der Waals surface area contributed by atoms with Crippen LogP contribution in [0.25, 0.3) is 0 Å². The van der Waals surface area contributed by atoms with Gasteiger partial charge in [-0.3, -0.25) is 15.1 Å². The predicted molar refractivity (Wildman–Crippen MR) is 62.6 cm³/mol. The summed E-state index contributed by atoms with van der Waals surface area (Å²) in [6.07, 6.45) is 2.16. The highest BCUT2D eigenvalue weighted by molar-refractivity contribution is 5.81. The molecule has 0 unspecified atom stereocenters. The van der Waals surface area contributed by atoms with Crippen LogP contribution in [-0.2, 0) is 9.53 Å². The summed E-state index contributed by atoms with van der Waals surface area (Å²) in [7, 11) is 0. The minimum atomic E-state index is -0.121. The van der Waals surface area contributed by atoms with Crippen molar-refractivity contribution in [1.29, 1.82) is 0 Å². The number of nitrogens with zero attached hydrogens (tertiary/aromatic N) is 1. The Balaban J connectivity index is 2.65. The molecule has 1 fully saturated rings. The average Bonchev–Trinajstić information content (AvgIpc) is 2.23. The van der Waals surface area contributed by atoms with Crippen LogP contribution in [-0.4, -0.2) is 42.1 Å². The number of nitrogens with two attached hydrogens (primary N) is 1. The number of rotatable bonds is 4. The van der Waals surface area contributed by atoms with E-state index in [4.69, 9.17) is 10.6 Å². The predicted octanol–water partition coefficient (Wildman–Crippen LogP) is 0.254.